The van der Waals surface area contributed by atoms with E-state index in [2.05, 4.69) is 5.32 Å². The molecule has 0 radical (unpaired) electrons. The topological polar surface area (TPSA) is 86.6 Å². The van der Waals surface area contributed by atoms with E-state index in [1.165, 1.54) is 0 Å². The van der Waals surface area contributed by atoms with Crippen LogP contribution in [0.5, 0.6) is 11.5 Å². The molecule has 0 saturated heterocycles. The molecule has 20 heavy (non-hydrogen) atoms. The summed E-state index contributed by atoms with van der Waals surface area (Å²) in [4.78, 5) is 23.8. The number of nitrogens with one attached hydrogen (secondary N) is 1. The molecule has 0 spiro atoms. The van der Waals surface area contributed by atoms with E-state index >= 15 is 0 Å². The molecule has 0 aromatic heterocycles. The van der Waals surface area contributed by atoms with Crippen molar-refractivity contribution in [1.29, 1.82) is 0 Å². The van der Waals surface area contributed by atoms with Crippen LogP contribution in [0.15, 0.2) is 12.2 Å². The number of rotatable bonds is 3. The van der Waals surface area contributed by atoms with E-state index in [1.807, 2.05) is 6.92 Å². The largest absolute Gasteiger partial charge is 0.507 e. The fourth-order valence-corrected chi connectivity index (χ4v) is 2.67. The van der Waals surface area contributed by atoms with Crippen LogP contribution in [0.3, 0.4) is 0 Å². The maximum atomic E-state index is 11.9. The molecule has 1 aliphatic rings. The lowest BCUT2D eigenvalue weighted by Crippen LogP contribution is -2.19. The number of allylic oxidation sites excluding steroid dienone is 2. The molecule has 5 heteroatoms. The Labute approximate surface area is 116 Å². The maximum absolute atomic E-state index is 11.9. The van der Waals surface area contributed by atoms with Crippen LogP contribution in [0, 0.1) is 6.92 Å². The summed E-state index contributed by atoms with van der Waals surface area (Å²) in [6, 6.07) is 0. The van der Waals surface area contributed by atoms with Crippen molar-refractivity contribution in [3.8, 4) is 11.5 Å². The molecule has 2 rings (SSSR count). The monoisotopic (exact) mass is 275 g/mol. The van der Waals surface area contributed by atoms with E-state index in [9.17, 15) is 19.8 Å². The summed E-state index contributed by atoms with van der Waals surface area (Å²) in [6.07, 6.45) is 2.23. The van der Waals surface area contributed by atoms with Crippen molar-refractivity contribution in [3.63, 3.8) is 0 Å². The molecule has 3 N–H and O–H groups in total. The van der Waals surface area contributed by atoms with Gasteiger partial charge < -0.3 is 15.5 Å². The van der Waals surface area contributed by atoms with Crippen molar-refractivity contribution >= 4 is 11.6 Å². The van der Waals surface area contributed by atoms with Crippen LogP contribution < -0.4 is 5.32 Å². The third-order valence-electron chi connectivity index (χ3n) is 3.62. The van der Waals surface area contributed by atoms with Crippen molar-refractivity contribution in [3.05, 3.63) is 34.4 Å². The van der Waals surface area contributed by atoms with Crippen LogP contribution in [0.4, 0.5) is 0 Å². The first-order valence-electron chi connectivity index (χ1n) is 6.39. The zero-order valence-electron chi connectivity index (χ0n) is 11.7. The second-order valence-corrected chi connectivity index (χ2v) is 5.01. The SMILES string of the molecule is CNCC(C)c1c(C)c(O)c2c(c1O)C(=O)C=CC2=O. The summed E-state index contributed by atoms with van der Waals surface area (Å²) in [7, 11) is 1.78. The van der Waals surface area contributed by atoms with Gasteiger partial charge in [-0.05, 0) is 37.6 Å². The minimum absolute atomic E-state index is 0.0986. The Kier molecular flexibility index (Phi) is 3.63. The summed E-state index contributed by atoms with van der Waals surface area (Å²) in [5.74, 6) is -1.47. The normalized spacial score (nSPS) is 15.3. The molecule has 1 aliphatic carbocycles. The summed E-state index contributed by atoms with van der Waals surface area (Å²) < 4.78 is 0. The van der Waals surface area contributed by atoms with Crippen molar-refractivity contribution in [2.24, 2.45) is 0 Å². The van der Waals surface area contributed by atoms with Gasteiger partial charge in [-0.15, -0.1) is 0 Å². The second-order valence-electron chi connectivity index (χ2n) is 5.01. The average molecular weight is 275 g/mol. The van der Waals surface area contributed by atoms with E-state index in [-0.39, 0.29) is 28.5 Å². The second kappa shape index (κ2) is 5.09. The number of likely N-dealkylation sites (N-methyl/N-ethyl adjacent to an activating group) is 1. The molecule has 1 unspecified atom stereocenters. The fraction of sp³-hybridized carbons (Fsp3) is 0.333. The maximum Gasteiger partial charge on any atom is 0.190 e. The van der Waals surface area contributed by atoms with E-state index in [0.717, 1.165) is 12.2 Å². The van der Waals surface area contributed by atoms with Gasteiger partial charge in [0.1, 0.15) is 11.5 Å². The van der Waals surface area contributed by atoms with Crippen LogP contribution in [0.1, 0.15) is 44.7 Å². The number of benzene rings is 1. The highest BCUT2D eigenvalue weighted by Gasteiger charge is 2.31. The molecule has 0 aliphatic heterocycles. The fourth-order valence-electron chi connectivity index (χ4n) is 2.67. The van der Waals surface area contributed by atoms with Gasteiger partial charge in [0.25, 0.3) is 0 Å². The summed E-state index contributed by atoms with van der Waals surface area (Å²) in [6.45, 7) is 4.08. The molecule has 0 heterocycles. The number of phenols is 2. The van der Waals surface area contributed by atoms with E-state index in [0.29, 0.717) is 17.7 Å². The van der Waals surface area contributed by atoms with Gasteiger partial charge in [-0.25, -0.2) is 0 Å². The number of aromatic hydroxyl groups is 2. The van der Waals surface area contributed by atoms with Crippen molar-refractivity contribution < 1.29 is 19.8 Å². The minimum Gasteiger partial charge on any atom is -0.507 e. The Morgan fingerprint density at radius 3 is 2.10 bits per heavy atom. The highest BCUT2D eigenvalue weighted by molar-refractivity contribution is 6.24. The Morgan fingerprint density at radius 2 is 1.60 bits per heavy atom. The Bertz CT molecular complexity index is 631. The van der Waals surface area contributed by atoms with Crippen LogP contribution in [0.25, 0.3) is 0 Å². The number of phenolic OH excluding ortho intramolecular Hbond substituents is 2. The number of fused-ring (bicyclic) bond motifs is 1. The molecule has 0 saturated carbocycles. The first-order chi connectivity index (χ1) is 9.40. The molecule has 1 atom stereocenters. The first-order valence-corrected chi connectivity index (χ1v) is 6.39. The van der Waals surface area contributed by atoms with Gasteiger partial charge >= 0.3 is 0 Å². The highest BCUT2D eigenvalue weighted by Crippen LogP contribution is 2.42. The van der Waals surface area contributed by atoms with Gasteiger partial charge in [0, 0.05) is 12.1 Å². The summed E-state index contributed by atoms with van der Waals surface area (Å²) in [5.41, 5.74) is 0.721. The van der Waals surface area contributed by atoms with Crippen LogP contribution in [0.2, 0.25) is 0 Å². The lowest BCUT2D eigenvalue weighted by atomic mass is 9.84. The number of carbonyl (C=O) groups excluding carboxylic acids is 2. The average Bonchev–Trinajstić information content (AvgIpc) is 2.39. The number of carbonyl (C=O) groups is 2. The molecule has 0 bridgehead atoms. The minimum atomic E-state index is -0.469. The van der Waals surface area contributed by atoms with Crippen molar-refractivity contribution in [1.82, 2.24) is 5.32 Å². The van der Waals surface area contributed by atoms with Crippen molar-refractivity contribution in [2.45, 2.75) is 19.8 Å². The van der Waals surface area contributed by atoms with Gasteiger partial charge in [-0.3, -0.25) is 9.59 Å². The molecule has 0 amide bonds. The van der Waals surface area contributed by atoms with E-state index in [4.69, 9.17) is 0 Å². The van der Waals surface area contributed by atoms with Crippen LogP contribution >= 0.6 is 0 Å². The smallest absolute Gasteiger partial charge is 0.190 e. The zero-order valence-corrected chi connectivity index (χ0v) is 11.7. The summed E-state index contributed by atoms with van der Waals surface area (Å²) in [5, 5.41) is 23.6. The Hall–Kier alpha value is -2.14. The Balaban J connectivity index is 2.77. The molecule has 1 aromatic carbocycles. The van der Waals surface area contributed by atoms with Crippen LogP contribution in [-0.2, 0) is 0 Å². The van der Waals surface area contributed by atoms with Crippen molar-refractivity contribution in [2.75, 3.05) is 13.6 Å². The lowest BCUT2D eigenvalue weighted by Gasteiger charge is -2.22. The van der Waals surface area contributed by atoms with Gasteiger partial charge in [-0.2, -0.15) is 0 Å². The molecular formula is C15H17NO4. The molecule has 1 aromatic rings. The van der Waals surface area contributed by atoms with Gasteiger partial charge in [0.05, 0.1) is 11.1 Å². The lowest BCUT2D eigenvalue weighted by molar-refractivity contribution is 0.0989. The highest BCUT2D eigenvalue weighted by atomic mass is 16.3. The first kappa shape index (κ1) is 14.3. The number of hydrogen-bond acceptors (Lipinski definition) is 5. The third kappa shape index (κ3) is 2.00. The molecular weight excluding hydrogens is 258 g/mol. The van der Waals surface area contributed by atoms with Gasteiger partial charge in [0.2, 0.25) is 0 Å². The predicted molar refractivity (Wildman–Crippen MR) is 74.7 cm³/mol. The number of hydrogen-bond donors (Lipinski definition) is 3. The quantitative estimate of drug-likeness (QED) is 0.730. The standard InChI is InChI=1S/C15H17NO4/c1-7(6-16-3)11-8(2)14(19)12-9(17)4-5-10(18)13(12)15(11)20/h4-5,7,16,19-20H,6H2,1-3H3. The van der Waals surface area contributed by atoms with Gasteiger partial charge in [0.15, 0.2) is 11.6 Å². The number of ketones is 2. The molecule has 106 valence electrons. The van der Waals surface area contributed by atoms with Crippen LogP contribution in [-0.4, -0.2) is 35.4 Å². The van der Waals surface area contributed by atoms with Gasteiger partial charge in [-0.1, -0.05) is 6.92 Å². The zero-order chi connectivity index (χ0) is 15.0. The van der Waals surface area contributed by atoms with E-state index in [1.54, 1.807) is 14.0 Å². The third-order valence-corrected chi connectivity index (χ3v) is 3.62. The van der Waals surface area contributed by atoms with E-state index < -0.39 is 11.6 Å². The molecule has 5 nitrogen and oxygen atoms in total. The molecule has 0 fully saturated rings. The summed E-state index contributed by atoms with van der Waals surface area (Å²) >= 11 is 0. The predicted octanol–water partition coefficient (Wildman–Crippen LogP) is 1.66. The Morgan fingerprint density at radius 1 is 1.10 bits per heavy atom.